The SMILES string of the molecule is COc1cccc(C(=O)N/N=C\c2ccc(OCc3cccc4ccccc34)c(OC)c2)c1. The number of rotatable bonds is 8. The molecule has 6 heteroatoms. The van der Waals surface area contributed by atoms with E-state index >= 15 is 0 Å². The summed E-state index contributed by atoms with van der Waals surface area (Å²) in [5.74, 6) is 1.49. The fourth-order valence-electron chi connectivity index (χ4n) is 3.45. The molecule has 6 nitrogen and oxygen atoms in total. The molecule has 0 aromatic heterocycles. The van der Waals surface area contributed by atoms with Gasteiger partial charge in [0.2, 0.25) is 0 Å². The highest BCUT2D eigenvalue weighted by Gasteiger charge is 2.08. The molecule has 4 aromatic rings. The normalized spacial score (nSPS) is 10.8. The number of amides is 1. The van der Waals surface area contributed by atoms with Crippen molar-refractivity contribution in [2.24, 2.45) is 5.10 Å². The highest BCUT2D eigenvalue weighted by Crippen LogP contribution is 2.29. The number of ether oxygens (including phenoxy) is 3. The number of nitrogens with zero attached hydrogens (tertiary/aromatic N) is 1. The second-order valence-electron chi connectivity index (χ2n) is 7.27. The molecule has 4 aromatic carbocycles. The first-order valence-corrected chi connectivity index (χ1v) is 10.4. The Morgan fingerprint density at radius 3 is 2.55 bits per heavy atom. The second kappa shape index (κ2) is 10.3. The highest BCUT2D eigenvalue weighted by atomic mass is 16.5. The van der Waals surface area contributed by atoms with Crippen LogP contribution in [-0.4, -0.2) is 26.3 Å². The minimum Gasteiger partial charge on any atom is -0.497 e. The van der Waals surface area contributed by atoms with E-state index in [0.717, 1.165) is 16.5 Å². The zero-order chi connectivity index (χ0) is 23.0. The maximum atomic E-state index is 12.3. The Hall–Kier alpha value is -4.32. The van der Waals surface area contributed by atoms with Gasteiger partial charge in [0.1, 0.15) is 12.4 Å². The van der Waals surface area contributed by atoms with Gasteiger partial charge in [0, 0.05) is 5.56 Å². The third kappa shape index (κ3) is 5.30. The highest BCUT2D eigenvalue weighted by molar-refractivity contribution is 5.95. The van der Waals surface area contributed by atoms with Crippen LogP contribution in [0.25, 0.3) is 10.8 Å². The van der Waals surface area contributed by atoms with E-state index in [0.29, 0.717) is 29.4 Å². The van der Waals surface area contributed by atoms with Crippen LogP contribution in [0.4, 0.5) is 0 Å². The molecule has 33 heavy (non-hydrogen) atoms. The molecule has 0 fully saturated rings. The smallest absolute Gasteiger partial charge is 0.271 e. The third-order valence-corrected chi connectivity index (χ3v) is 5.16. The van der Waals surface area contributed by atoms with Crippen molar-refractivity contribution in [3.63, 3.8) is 0 Å². The Morgan fingerprint density at radius 2 is 1.70 bits per heavy atom. The lowest BCUT2D eigenvalue weighted by Gasteiger charge is -2.12. The summed E-state index contributed by atoms with van der Waals surface area (Å²) in [4.78, 5) is 12.3. The van der Waals surface area contributed by atoms with Crippen LogP contribution in [0.3, 0.4) is 0 Å². The van der Waals surface area contributed by atoms with Gasteiger partial charge in [-0.05, 0) is 58.3 Å². The van der Waals surface area contributed by atoms with Crippen LogP contribution in [0.1, 0.15) is 21.5 Å². The summed E-state index contributed by atoms with van der Waals surface area (Å²) < 4.78 is 16.7. The lowest BCUT2D eigenvalue weighted by atomic mass is 10.1. The number of hydrogen-bond acceptors (Lipinski definition) is 5. The maximum Gasteiger partial charge on any atom is 0.271 e. The average Bonchev–Trinajstić information content (AvgIpc) is 2.87. The molecular weight excluding hydrogens is 416 g/mol. The monoisotopic (exact) mass is 440 g/mol. The standard InChI is InChI=1S/C27H24N2O4/c1-31-23-11-6-9-21(16-23)27(30)29-28-17-19-13-14-25(26(15-19)32-2)33-18-22-10-5-8-20-7-3-4-12-24(20)22/h3-17H,18H2,1-2H3,(H,29,30)/b28-17-. The molecule has 0 unspecified atom stereocenters. The first-order valence-electron chi connectivity index (χ1n) is 10.4. The van der Waals surface area contributed by atoms with E-state index in [1.165, 1.54) is 5.39 Å². The molecule has 166 valence electrons. The van der Waals surface area contributed by atoms with E-state index in [4.69, 9.17) is 14.2 Å². The van der Waals surface area contributed by atoms with Gasteiger partial charge in [0.25, 0.3) is 5.91 Å². The minimum absolute atomic E-state index is 0.327. The number of nitrogens with one attached hydrogen (secondary N) is 1. The molecular formula is C27H24N2O4. The number of benzene rings is 4. The molecule has 1 N–H and O–H groups in total. The summed E-state index contributed by atoms with van der Waals surface area (Å²) in [5.41, 5.74) is 4.83. The number of carbonyl (C=O) groups excluding carboxylic acids is 1. The quantitative estimate of drug-likeness (QED) is 0.302. The fraction of sp³-hybridized carbons (Fsp3) is 0.111. The average molecular weight is 440 g/mol. The molecule has 0 radical (unpaired) electrons. The topological polar surface area (TPSA) is 69.2 Å². The predicted octanol–water partition coefficient (Wildman–Crippen LogP) is 5.20. The summed E-state index contributed by atoms with van der Waals surface area (Å²) in [6.07, 6.45) is 1.55. The van der Waals surface area contributed by atoms with Crippen LogP contribution in [0, 0.1) is 0 Å². The van der Waals surface area contributed by atoms with Gasteiger partial charge in [-0.25, -0.2) is 5.43 Å². The molecule has 4 rings (SSSR count). The van der Waals surface area contributed by atoms with Crippen LogP contribution >= 0.6 is 0 Å². The summed E-state index contributed by atoms with van der Waals surface area (Å²) in [6, 6.07) is 26.7. The molecule has 0 saturated heterocycles. The van der Waals surface area contributed by atoms with Crippen molar-refractivity contribution in [1.29, 1.82) is 0 Å². The predicted molar refractivity (Wildman–Crippen MR) is 129 cm³/mol. The summed E-state index contributed by atoms with van der Waals surface area (Å²) in [5, 5.41) is 6.38. The minimum atomic E-state index is -0.327. The van der Waals surface area contributed by atoms with Gasteiger partial charge in [-0.15, -0.1) is 0 Å². The van der Waals surface area contributed by atoms with Crippen LogP contribution in [-0.2, 0) is 6.61 Å². The number of hydrogen-bond donors (Lipinski definition) is 1. The van der Waals surface area contributed by atoms with Gasteiger partial charge in [-0.1, -0.05) is 48.5 Å². The van der Waals surface area contributed by atoms with Crippen molar-refractivity contribution in [3.8, 4) is 17.2 Å². The van der Waals surface area contributed by atoms with Gasteiger partial charge in [-0.3, -0.25) is 4.79 Å². The van der Waals surface area contributed by atoms with E-state index in [1.54, 1.807) is 50.8 Å². The van der Waals surface area contributed by atoms with Crippen molar-refractivity contribution in [3.05, 3.63) is 102 Å². The van der Waals surface area contributed by atoms with E-state index in [9.17, 15) is 4.79 Å². The Kier molecular flexibility index (Phi) is 6.85. The first-order chi connectivity index (χ1) is 16.2. The Labute approximate surface area is 192 Å². The molecule has 0 saturated carbocycles. The Balaban J connectivity index is 1.42. The van der Waals surface area contributed by atoms with E-state index < -0.39 is 0 Å². The Morgan fingerprint density at radius 1 is 0.879 bits per heavy atom. The second-order valence-corrected chi connectivity index (χ2v) is 7.27. The van der Waals surface area contributed by atoms with Gasteiger partial charge in [-0.2, -0.15) is 5.10 Å². The summed E-state index contributed by atoms with van der Waals surface area (Å²) in [7, 11) is 3.14. The van der Waals surface area contributed by atoms with Crippen molar-refractivity contribution in [2.45, 2.75) is 6.61 Å². The van der Waals surface area contributed by atoms with Crippen LogP contribution < -0.4 is 19.6 Å². The van der Waals surface area contributed by atoms with Crippen LogP contribution in [0.5, 0.6) is 17.2 Å². The van der Waals surface area contributed by atoms with Crippen LogP contribution in [0.2, 0.25) is 0 Å². The number of carbonyl (C=O) groups is 1. The zero-order valence-electron chi connectivity index (χ0n) is 18.4. The largest absolute Gasteiger partial charge is 0.497 e. The molecule has 0 aliphatic carbocycles. The zero-order valence-corrected chi connectivity index (χ0v) is 18.4. The van der Waals surface area contributed by atoms with E-state index in [-0.39, 0.29) is 5.91 Å². The van der Waals surface area contributed by atoms with Gasteiger partial charge in [0.15, 0.2) is 11.5 Å². The molecule has 0 atom stereocenters. The first kappa shape index (κ1) is 21.9. The number of fused-ring (bicyclic) bond motifs is 1. The van der Waals surface area contributed by atoms with Gasteiger partial charge >= 0.3 is 0 Å². The fourth-order valence-corrected chi connectivity index (χ4v) is 3.45. The molecule has 0 aliphatic rings. The van der Waals surface area contributed by atoms with Crippen molar-refractivity contribution >= 4 is 22.9 Å². The Bertz CT molecular complexity index is 1300. The van der Waals surface area contributed by atoms with Gasteiger partial charge in [0.05, 0.1) is 20.4 Å². The number of methoxy groups -OCH3 is 2. The maximum absolute atomic E-state index is 12.3. The molecule has 0 aliphatic heterocycles. The van der Waals surface area contributed by atoms with Crippen molar-refractivity contribution < 1.29 is 19.0 Å². The van der Waals surface area contributed by atoms with Crippen molar-refractivity contribution in [2.75, 3.05) is 14.2 Å². The van der Waals surface area contributed by atoms with E-state index in [1.807, 2.05) is 30.3 Å². The van der Waals surface area contributed by atoms with E-state index in [2.05, 4.69) is 34.8 Å². The third-order valence-electron chi connectivity index (χ3n) is 5.16. The lowest BCUT2D eigenvalue weighted by Crippen LogP contribution is -2.17. The molecule has 0 spiro atoms. The molecule has 1 amide bonds. The molecule has 0 bridgehead atoms. The van der Waals surface area contributed by atoms with Crippen molar-refractivity contribution in [1.82, 2.24) is 5.43 Å². The van der Waals surface area contributed by atoms with Gasteiger partial charge < -0.3 is 14.2 Å². The summed E-state index contributed by atoms with van der Waals surface area (Å²) >= 11 is 0. The summed E-state index contributed by atoms with van der Waals surface area (Å²) in [6.45, 7) is 0.418. The van der Waals surface area contributed by atoms with Crippen LogP contribution in [0.15, 0.2) is 90.0 Å². The lowest BCUT2D eigenvalue weighted by molar-refractivity contribution is 0.0955. The molecule has 0 heterocycles. The number of hydrazone groups is 1.